The number of para-hydroxylation sites is 1. The van der Waals surface area contributed by atoms with Crippen LogP contribution in [0.4, 0.5) is 0 Å². The van der Waals surface area contributed by atoms with Crippen molar-refractivity contribution in [1.29, 1.82) is 0 Å². The van der Waals surface area contributed by atoms with Crippen LogP contribution >= 0.6 is 19.9 Å². The van der Waals surface area contributed by atoms with E-state index in [4.69, 9.17) is 0 Å². The minimum absolute atomic E-state index is 0. The van der Waals surface area contributed by atoms with Gasteiger partial charge in [-0.15, -0.1) is 11.3 Å². The minimum atomic E-state index is -2.88. The van der Waals surface area contributed by atoms with Crippen molar-refractivity contribution in [3.05, 3.63) is 52.1 Å². The largest absolute Gasteiger partial charge is 1.00 e. The Morgan fingerprint density at radius 2 is 1.92 bits per heavy atom. The fourth-order valence-corrected chi connectivity index (χ4v) is 3.62. The molecule has 1 aromatic carbocycles. The van der Waals surface area contributed by atoms with Gasteiger partial charge in [0.05, 0.1) is 5.56 Å². The van der Waals surface area contributed by atoms with E-state index in [0.29, 0.717) is 17.3 Å². The molecule has 0 radical (unpaired) electrons. The van der Waals surface area contributed by atoms with Crippen LogP contribution in [-0.2, 0) is 0 Å². The first-order chi connectivity index (χ1) is 11.0. The number of carbonyl (C=O) groups is 2. The second kappa shape index (κ2) is 9.85. The first-order valence-electron chi connectivity index (χ1n) is 6.81. The van der Waals surface area contributed by atoms with Gasteiger partial charge in [0, 0.05) is 28.9 Å². The van der Waals surface area contributed by atoms with E-state index in [9.17, 15) is 19.4 Å². The molecule has 0 fully saturated rings. The smallest absolute Gasteiger partial charge is 0.825 e. The Kier molecular flexibility index (Phi) is 9.11. The van der Waals surface area contributed by atoms with E-state index in [1.807, 2.05) is 0 Å². The maximum Gasteiger partial charge on any atom is 1.00 e. The topological polar surface area (TPSA) is 98.1 Å². The molecule has 2 heterocycles. The first-order valence-corrected chi connectivity index (χ1v) is 8.82. The summed E-state index contributed by atoms with van der Waals surface area (Å²) >= 11 is 1.08. The van der Waals surface area contributed by atoms with Crippen LogP contribution in [0.25, 0.3) is 10.9 Å². The van der Waals surface area contributed by atoms with Gasteiger partial charge in [-0.3, -0.25) is 9.59 Å². The number of thiazole rings is 1. The van der Waals surface area contributed by atoms with Crippen molar-refractivity contribution < 1.29 is 78.5 Å². The van der Waals surface area contributed by atoms with Gasteiger partial charge in [0.2, 0.25) is 5.78 Å². The van der Waals surface area contributed by atoms with Crippen LogP contribution in [0.2, 0.25) is 0 Å². The van der Waals surface area contributed by atoms with E-state index in [1.165, 1.54) is 6.20 Å². The van der Waals surface area contributed by atoms with Crippen molar-refractivity contribution in [2.24, 2.45) is 0 Å². The molecule has 2 aromatic heterocycles. The third-order valence-electron chi connectivity index (χ3n) is 3.42. The molecular weight excluding hydrogens is 381 g/mol. The van der Waals surface area contributed by atoms with Gasteiger partial charge in [0.15, 0.2) is 10.8 Å². The zero-order chi connectivity index (χ0) is 16.6. The number of carbonyl (C=O) groups excluding carboxylic acids is 2. The number of nitrogens with zero attached hydrogens (tertiary/aromatic N) is 2. The van der Waals surface area contributed by atoms with Crippen molar-refractivity contribution in [3.8, 4) is 0 Å². The predicted molar refractivity (Wildman–Crippen MR) is 84.4 cm³/mol. The number of hydrogen-bond donors (Lipinski definition) is 0. The van der Waals surface area contributed by atoms with Gasteiger partial charge in [-0.1, -0.05) is 25.1 Å². The number of Topliss-reactive ketones (excluding diaryl/α,β-unsaturated/α-hetero) is 1. The van der Waals surface area contributed by atoms with Crippen molar-refractivity contribution >= 4 is 42.3 Å². The summed E-state index contributed by atoms with van der Waals surface area (Å²) in [5.74, 6) is -0.526. The van der Waals surface area contributed by atoms with E-state index in [2.05, 4.69) is 4.98 Å². The minimum Gasteiger partial charge on any atom is -0.825 e. The molecule has 3 rings (SSSR count). The molecule has 0 aliphatic heterocycles. The predicted octanol–water partition coefficient (Wildman–Crippen LogP) is -4.27. The number of hydrogen-bond acceptors (Lipinski definition) is 6. The zero-order valence-electron chi connectivity index (χ0n) is 14.1. The third-order valence-corrected chi connectivity index (χ3v) is 4.94. The fourth-order valence-electron chi connectivity index (χ4n) is 2.28. The number of benzene rings is 1. The average molecular weight is 392 g/mol. The van der Waals surface area contributed by atoms with Crippen LogP contribution in [0.3, 0.4) is 0 Å². The summed E-state index contributed by atoms with van der Waals surface area (Å²) in [6.07, 6.45) is 1.61. The summed E-state index contributed by atoms with van der Waals surface area (Å²) in [7, 11) is -2.88. The number of rotatable bonds is 5. The van der Waals surface area contributed by atoms with E-state index >= 15 is 0 Å². The van der Waals surface area contributed by atoms with E-state index < -0.39 is 14.3 Å². The SMILES string of the molecule is CCC(=O)c1csc(C(=O)c2cn(P([O-])[O-])c3ccccc23)n1.[Na+].[Na+]. The Labute approximate surface area is 193 Å². The molecule has 0 amide bonds. The first kappa shape index (κ1) is 23.1. The van der Waals surface area contributed by atoms with Crippen LogP contribution < -0.4 is 68.9 Å². The molecule has 0 N–H and O–H groups in total. The van der Waals surface area contributed by atoms with Crippen molar-refractivity contribution in [3.63, 3.8) is 0 Å². The molecule has 0 unspecified atom stereocenters. The van der Waals surface area contributed by atoms with E-state index in [1.54, 1.807) is 36.6 Å². The number of fused-ring (bicyclic) bond motifs is 1. The Balaban J connectivity index is 0.00000156. The summed E-state index contributed by atoms with van der Waals surface area (Å²) < 4.78 is 1.05. The van der Waals surface area contributed by atoms with Crippen LogP contribution in [0.15, 0.2) is 35.8 Å². The Bertz CT molecular complexity index is 910. The summed E-state index contributed by atoms with van der Waals surface area (Å²) in [4.78, 5) is 51.1. The van der Waals surface area contributed by atoms with Gasteiger partial charge in [-0.25, -0.2) is 4.98 Å². The van der Waals surface area contributed by atoms with Crippen LogP contribution in [-0.4, -0.2) is 20.9 Å². The Morgan fingerprint density at radius 1 is 1.24 bits per heavy atom. The van der Waals surface area contributed by atoms with Gasteiger partial charge < -0.3 is 14.1 Å². The van der Waals surface area contributed by atoms with Crippen molar-refractivity contribution in [2.45, 2.75) is 13.3 Å². The number of ketones is 2. The molecule has 0 aliphatic rings. The fraction of sp³-hybridized carbons (Fsp3) is 0.133. The zero-order valence-corrected chi connectivity index (χ0v) is 19.8. The quantitative estimate of drug-likeness (QED) is 0.249. The van der Waals surface area contributed by atoms with Gasteiger partial charge in [0.25, 0.3) is 0 Å². The Morgan fingerprint density at radius 3 is 2.56 bits per heavy atom. The average Bonchev–Trinajstić information content (AvgIpc) is 3.18. The summed E-state index contributed by atoms with van der Waals surface area (Å²) in [6.45, 7) is 1.72. The third kappa shape index (κ3) is 4.68. The molecule has 10 heteroatoms. The molecule has 118 valence electrons. The van der Waals surface area contributed by atoms with Gasteiger partial charge in [-0.2, -0.15) is 8.53 Å². The molecule has 3 aromatic rings. The monoisotopic (exact) mass is 392 g/mol. The molecule has 25 heavy (non-hydrogen) atoms. The van der Waals surface area contributed by atoms with Gasteiger partial charge in [-0.05, 0) is 6.07 Å². The van der Waals surface area contributed by atoms with Crippen LogP contribution in [0.5, 0.6) is 0 Å². The summed E-state index contributed by atoms with van der Waals surface area (Å²) in [5.41, 5.74) is 0.956. The molecule has 0 saturated carbocycles. The standard InChI is InChI=1S/C15H11N2O4PS.2Na/c1-2-13(18)11-8-23-15(16-11)14(19)10-7-17(22(20)21)12-6-4-3-5-9(10)12;;/h3-8H,2H2,1H3;;/q-2;2*+1. The number of aromatic nitrogens is 2. The molecule has 0 bridgehead atoms. The second-order valence-corrected chi connectivity index (χ2v) is 6.55. The summed E-state index contributed by atoms with van der Waals surface area (Å²) in [6, 6.07) is 6.75. The maximum absolute atomic E-state index is 12.6. The molecule has 0 saturated heterocycles. The van der Waals surface area contributed by atoms with Crippen LogP contribution in [0, 0.1) is 0 Å². The molecule has 0 aliphatic carbocycles. The van der Waals surface area contributed by atoms with E-state index in [-0.39, 0.29) is 81.2 Å². The van der Waals surface area contributed by atoms with E-state index in [0.717, 1.165) is 15.7 Å². The molecule has 0 spiro atoms. The Hall–Kier alpha value is 0.0800. The second-order valence-electron chi connectivity index (χ2n) is 4.79. The van der Waals surface area contributed by atoms with Crippen LogP contribution in [0.1, 0.15) is 39.2 Å². The molecule has 6 nitrogen and oxygen atoms in total. The normalized spacial score (nSPS) is 10.4. The molecular formula is C15H11N2Na2O4PS. The summed E-state index contributed by atoms with van der Waals surface area (Å²) in [5, 5.41) is 2.26. The van der Waals surface area contributed by atoms with Crippen molar-refractivity contribution in [2.75, 3.05) is 0 Å². The van der Waals surface area contributed by atoms with Gasteiger partial charge >= 0.3 is 59.1 Å². The molecule has 0 atom stereocenters. The van der Waals surface area contributed by atoms with Crippen molar-refractivity contribution in [1.82, 2.24) is 9.32 Å². The van der Waals surface area contributed by atoms with Gasteiger partial charge in [0.1, 0.15) is 5.69 Å². The maximum atomic E-state index is 12.6.